The van der Waals surface area contributed by atoms with E-state index in [2.05, 4.69) is 5.10 Å². The van der Waals surface area contributed by atoms with Gasteiger partial charge in [-0.3, -0.25) is 4.68 Å². The average molecular weight is 299 g/mol. The van der Waals surface area contributed by atoms with Gasteiger partial charge in [0.05, 0.1) is 13.2 Å². The molecule has 1 aromatic carbocycles. The molecule has 2 rings (SSSR count). The van der Waals surface area contributed by atoms with Crippen molar-refractivity contribution >= 4 is 0 Å². The third-order valence-electron chi connectivity index (χ3n) is 2.93. The SMILES string of the molecule is CCOc1ccc(C(N)Cn2ccc(C(F)(F)F)n2)cc1. The summed E-state index contributed by atoms with van der Waals surface area (Å²) in [6.07, 6.45) is -3.16. The Balaban J connectivity index is 2.03. The molecule has 0 amide bonds. The molecule has 1 heterocycles. The fraction of sp³-hybridized carbons (Fsp3) is 0.357. The van der Waals surface area contributed by atoms with Gasteiger partial charge in [-0.25, -0.2) is 0 Å². The quantitative estimate of drug-likeness (QED) is 0.923. The highest BCUT2D eigenvalue weighted by molar-refractivity contribution is 5.29. The Morgan fingerprint density at radius 2 is 1.90 bits per heavy atom. The summed E-state index contributed by atoms with van der Waals surface area (Å²) in [7, 11) is 0. The van der Waals surface area contributed by atoms with E-state index >= 15 is 0 Å². The van der Waals surface area contributed by atoms with Crippen molar-refractivity contribution < 1.29 is 17.9 Å². The highest BCUT2D eigenvalue weighted by Gasteiger charge is 2.33. The van der Waals surface area contributed by atoms with Crippen molar-refractivity contribution in [1.82, 2.24) is 9.78 Å². The lowest BCUT2D eigenvalue weighted by Crippen LogP contribution is -2.18. The van der Waals surface area contributed by atoms with Crippen LogP contribution in [0.4, 0.5) is 13.2 Å². The summed E-state index contributed by atoms with van der Waals surface area (Å²) in [5, 5.41) is 3.48. The number of nitrogens with two attached hydrogens (primary N) is 1. The number of rotatable bonds is 5. The zero-order chi connectivity index (χ0) is 15.5. The number of aromatic nitrogens is 2. The van der Waals surface area contributed by atoms with Crippen molar-refractivity contribution in [3.63, 3.8) is 0 Å². The Bertz CT molecular complexity index is 578. The summed E-state index contributed by atoms with van der Waals surface area (Å²) >= 11 is 0. The first-order valence-electron chi connectivity index (χ1n) is 6.49. The predicted octanol–water partition coefficient (Wildman–Crippen LogP) is 3.00. The molecule has 21 heavy (non-hydrogen) atoms. The molecule has 0 radical (unpaired) electrons. The summed E-state index contributed by atoms with van der Waals surface area (Å²) in [5.41, 5.74) is 5.88. The second-order valence-corrected chi connectivity index (χ2v) is 4.53. The number of alkyl halides is 3. The van der Waals surface area contributed by atoms with Crippen molar-refractivity contribution in [2.45, 2.75) is 25.7 Å². The van der Waals surface area contributed by atoms with Gasteiger partial charge in [-0.05, 0) is 30.7 Å². The van der Waals surface area contributed by atoms with Gasteiger partial charge in [0.15, 0.2) is 5.69 Å². The molecule has 0 bridgehead atoms. The Labute approximate surface area is 120 Å². The fourth-order valence-electron chi connectivity index (χ4n) is 1.90. The molecule has 0 saturated carbocycles. The van der Waals surface area contributed by atoms with Crippen LogP contribution in [0.25, 0.3) is 0 Å². The normalized spacial score (nSPS) is 13.2. The van der Waals surface area contributed by atoms with E-state index in [9.17, 15) is 13.2 Å². The fourth-order valence-corrected chi connectivity index (χ4v) is 1.90. The van der Waals surface area contributed by atoms with Crippen molar-refractivity contribution in [2.24, 2.45) is 5.73 Å². The van der Waals surface area contributed by atoms with Gasteiger partial charge in [0, 0.05) is 12.2 Å². The van der Waals surface area contributed by atoms with Crippen LogP contribution in [0.3, 0.4) is 0 Å². The largest absolute Gasteiger partial charge is 0.494 e. The van der Waals surface area contributed by atoms with E-state index in [-0.39, 0.29) is 6.54 Å². The maximum Gasteiger partial charge on any atom is 0.435 e. The van der Waals surface area contributed by atoms with Gasteiger partial charge in [0.2, 0.25) is 0 Å². The monoisotopic (exact) mass is 299 g/mol. The van der Waals surface area contributed by atoms with E-state index in [0.717, 1.165) is 17.4 Å². The van der Waals surface area contributed by atoms with Crippen molar-refractivity contribution in [3.05, 3.63) is 47.8 Å². The molecule has 2 aromatic rings. The van der Waals surface area contributed by atoms with Crippen molar-refractivity contribution in [2.75, 3.05) is 6.61 Å². The summed E-state index contributed by atoms with van der Waals surface area (Å²) in [6.45, 7) is 2.62. The first kappa shape index (κ1) is 15.4. The second-order valence-electron chi connectivity index (χ2n) is 4.53. The predicted molar refractivity (Wildman–Crippen MR) is 71.8 cm³/mol. The van der Waals surface area contributed by atoms with Crippen molar-refractivity contribution in [1.29, 1.82) is 0 Å². The van der Waals surface area contributed by atoms with Crippen LogP contribution in [-0.2, 0) is 12.7 Å². The standard InChI is InChI=1S/C14H16F3N3O/c1-2-21-11-5-3-10(4-6-11)12(18)9-20-8-7-13(19-20)14(15,16)17/h3-8,12H,2,9,18H2,1H3. The Morgan fingerprint density at radius 3 is 2.43 bits per heavy atom. The summed E-state index contributed by atoms with van der Waals surface area (Å²) in [5.74, 6) is 0.729. The Morgan fingerprint density at radius 1 is 1.24 bits per heavy atom. The van der Waals surface area contributed by atoms with Crippen LogP contribution < -0.4 is 10.5 Å². The zero-order valence-corrected chi connectivity index (χ0v) is 11.5. The number of hydrogen-bond donors (Lipinski definition) is 1. The third-order valence-corrected chi connectivity index (χ3v) is 2.93. The molecule has 0 spiro atoms. The topological polar surface area (TPSA) is 53.1 Å². The first-order valence-corrected chi connectivity index (χ1v) is 6.49. The van der Waals surface area contributed by atoms with E-state index < -0.39 is 17.9 Å². The van der Waals surface area contributed by atoms with E-state index in [1.54, 1.807) is 24.3 Å². The van der Waals surface area contributed by atoms with Crippen LogP contribution in [0.15, 0.2) is 36.5 Å². The molecule has 1 unspecified atom stereocenters. The highest BCUT2D eigenvalue weighted by Crippen LogP contribution is 2.27. The summed E-state index contributed by atoms with van der Waals surface area (Å²) in [4.78, 5) is 0. The lowest BCUT2D eigenvalue weighted by molar-refractivity contribution is -0.141. The molecule has 1 atom stereocenters. The van der Waals surface area contributed by atoms with Crippen LogP contribution in [0.1, 0.15) is 24.2 Å². The van der Waals surface area contributed by atoms with Gasteiger partial charge in [-0.1, -0.05) is 12.1 Å². The smallest absolute Gasteiger partial charge is 0.435 e. The number of hydrogen-bond acceptors (Lipinski definition) is 3. The molecule has 2 N–H and O–H groups in total. The van der Waals surface area contributed by atoms with Gasteiger partial charge in [0.25, 0.3) is 0 Å². The number of halogens is 3. The molecule has 0 fully saturated rings. The van der Waals surface area contributed by atoms with Gasteiger partial charge in [-0.15, -0.1) is 0 Å². The van der Waals surface area contributed by atoms with Crippen LogP contribution in [0, 0.1) is 0 Å². The molecule has 0 aliphatic heterocycles. The van der Waals surface area contributed by atoms with Gasteiger partial charge in [0.1, 0.15) is 5.75 Å². The molecule has 0 aliphatic carbocycles. The number of benzene rings is 1. The van der Waals surface area contributed by atoms with E-state index in [1.807, 2.05) is 6.92 Å². The van der Waals surface area contributed by atoms with Crippen LogP contribution in [-0.4, -0.2) is 16.4 Å². The van der Waals surface area contributed by atoms with Gasteiger partial charge >= 0.3 is 6.18 Å². The first-order chi connectivity index (χ1) is 9.90. The molecule has 4 nitrogen and oxygen atoms in total. The van der Waals surface area contributed by atoms with E-state index in [0.29, 0.717) is 6.61 Å². The van der Waals surface area contributed by atoms with Gasteiger partial charge in [-0.2, -0.15) is 18.3 Å². The maximum atomic E-state index is 12.5. The molecule has 7 heteroatoms. The Kier molecular flexibility index (Phi) is 4.52. The minimum Gasteiger partial charge on any atom is -0.494 e. The van der Waals surface area contributed by atoms with Crippen LogP contribution >= 0.6 is 0 Å². The summed E-state index contributed by atoms with van der Waals surface area (Å²) < 4.78 is 43.9. The number of nitrogens with zero attached hydrogens (tertiary/aromatic N) is 2. The lowest BCUT2D eigenvalue weighted by Gasteiger charge is -2.13. The lowest BCUT2D eigenvalue weighted by atomic mass is 10.1. The van der Waals surface area contributed by atoms with Gasteiger partial charge < -0.3 is 10.5 Å². The van der Waals surface area contributed by atoms with Crippen molar-refractivity contribution in [3.8, 4) is 5.75 Å². The van der Waals surface area contributed by atoms with Crippen LogP contribution in [0.2, 0.25) is 0 Å². The zero-order valence-electron chi connectivity index (χ0n) is 11.5. The molecular weight excluding hydrogens is 283 g/mol. The third kappa shape index (κ3) is 3.98. The molecule has 114 valence electrons. The highest BCUT2D eigenvalue weighted by atomic mass is 19.4. The molecule has 0 saturated heterocycles. The Hall–Kier alpha value is -2.02. The minimum atomic E-state index is -4.44. The second kappa shape index (κ2) is 6.17. The number of ether oxygens (including phenoxy) is 1. The average Bonchev–Trinajstić information content (AvgIpc) is 2.88. The van der Waals surface area contributed by atoms with E-state index in [4.69, 9.17) is 10.5 Å². The molecule has 1 aromatic heterocycles. The minimum absolute atomic E-state index is 0.171. The molecular formula is C14H16F3N3O. The molecule has 0 aliphatic rings. The maximum absolute atomic E-state index is 12.5. The summed E-state index contributed by atoms with van der Waals surface area (Å²) in [6, 6.07) is 7.64. The van der Waals surface area contributed by atoms with E-state index in [1.165, 1.54) is 10.9 Å². The van der Waals surface area contributed by atoms with Crippen LogP contribution in [0.5, 0.6) is 5.75 Å².